The summed E-state index contributed by atoms with van der Waals surface area (Å²) in [4.78, 5) is 10.5. The van der Waals surface area contributed by atoms with E-state index in [0.717, 1.165) is 25.7 Å². The number of unbranched alkanes of at least 4 members (excludes halogenated alkanes) is 1. The van der Waals surface area contributed by atoms with E-state index < -0.39 is 5.97 Å². The molecule has 1 aromatic carbocycles. The van der Waals surface area contributed by atoms with Gasteiger partial charge in [0.05, 0.1) is 6.10 Å². The molecule has 0 heterocycles. The number of benzene rings is 1. The minimum absolute atomic E-state index is 0.144. The first-order valence-corrected chi connectivity index (χ1v) is 9.44. The molecule has 1 fully saturated rings. The molecule has 1 saturated carbocycles. The summed E-state index contributed by atoms with van der Waals surface area (Å²) in [6.45, 7) is 6.64. The third-order valence-corrected chi connectivity index (χ3v) is 5.28. The highest BCUT2D eigenvalue weighted by Gasteiger charge is 2.35. The lowest BCUT2D eigenvalue weighted by molar-refractivity contribution is -0.137. The Kier molecular flexibility index (Phi) is 6.83. The number of allylic oxidation sites excluding steroid dienone is 2. The van der Waals surface area contributed by atoms with E-state index >= 15 is 0 Å². The largest absolute Gasteiger partial charge is 0.481 e. The van der Waals surface area contributed by atoms with Crippen LogP contribution >= 0.6 is 0 Å². The highest BCUT2D eigenvalue weighted by molar-refractivity contribution is 5.66. The van der Waals surface area contributed by atoms with Crippen LogP contribution in [-0.4, -0.2) is 22.3 Å². The summed E-state index contributed by atoms with van der Waals surface area (Å²) < 4.78 is 0. The molecule has 0 aromatic heterocycles. The fraction of sp³-hybridized carbons (Fsp3) is 0.591. The quantitative estimate of drug-likeness (QED) is 0.538. The summed E-state index contributed by atoms with van der Waals surface area (Å²) in [6, 6.07) is 8.76. The Morgan fingerprint density at radius 3 is 2.44 bits per heavy atom. The van der Waals surface area contributed by atoms with Gasteiger partial charge in [0.2, 0.25) is 0 Å². The van der Waals surface area contributed by atoms with E-state index in [2.05, 4.69) is 57.2 Å². The summed E-state index contributed by atoms with van der Waals surface area (Å²) in [7, 11) is 0. The molecule has 0 saturated heterocycles. The number of rotatable bonds is 7. The van der Waals surface area contributed by atoms with Crippen molar-refractivity contribution in [3.05, 3.63) is 47.5 Å². The van der Waals surface area contributed by atoms with Crippen molar-refractivity contribution in [2.45, 2.75) is 76.7 Å². The molecular formula is C22H32O3. The molecule has 2 N–H and O–H groups in total. The molecule has 0 bridgehead atoms. The van der Waals surface area contributed by atoms with Crippen LogP contribution in [0.5, 0.6) is 0 Å². The van der Waals surface area contributed by atoms with Crippen molar-refractivity contribution in [1.29, 1.82) is 0 Å². The molecule has 0 radical (unpaired) electrons. The average molecular weight is 344 g/mol. The normalized spacial score (nSPS) is 24.1. The van der Waals surface area contributed by atoms with Gasteiger partial charge in [-0.1, -0.05) is 57.2 Å². The van der Waals surface area contributed by atoms with Gasteiger partial charge in [0.1, 0.15) is 0 Å². The second-order valence-corrected chi connectivity index (χ2v) is 8.30. The van der Waals surface area contributed by atoms with Crippen LogP contribution in [0, 0.1) is 5.92 Å². The molecule has 2 rings (SSSR count). The highest BCUT2D eigenvalue weighted by Crippen LogP contribution is 2.42. The van der Waals surface area contributed by atoms with Crippen molar-refractivity contribution in [2.24, 2.45) is 5.92 Å². The molecular weight excluding hydrogens is 312 g/mol. The summed E-state index contributed by atoms with van der Waals surface area (Å²) in [5, 5.41) is 19.1. The van der Waals surface area contributed by atoms with Gasteiger partial charge < -0.3 is 10.2 Å². The lowest BCUT2D eigenvalue weighted by atomic mass is 9.82. The van der Waals surface area contributed by atoms with E-state index in [-0.39, 0.29) is 23.9 Å². The third kappa shape index (κ3) is 5.71. The second-order valence-electron chi connectivity index (χ2n) is 8.30. The lowest BCUT2D eigenvalue weighted by Crippen LogP contribution is -2.17. The van der Waals surface area contributed by atoms with Gasteiger partial charge in [0.25, 0.3) is 0 Å². The predicted molar refractivity (Wildman–Crippen MR) is 102 cm³/mol. The molecule has 138 valence electrons. The Balaban J connectivity index is 1.96. The third-order valence-electron chi connectivity index (χ3n) is 5.28. The van der Waals surface area contributed by atoms with Crippen LogP contribution in [0.3, 0.4) is 0 Å². The Bertz CT molecular complexity index is 580. The molecule has 0 amide bonds. The maximum Gasteiger partial charge on any atom is 0.303 e. The zero-order chi connectivity index (χ0) is 18.4. The minimum atomic E-state index is -0.730. The maximum atomic E-state index is 10.5. The number of carboxylic acids is 1. The van der Waals surface area contributed by atoms with Crippen molar-refractivity contribution in [3.8, 4) is 0 Å². The smallest absolute Gasteiger partial charge is 0.303 e. The summed E-state index contributed by atoms with van der Waals surface area (Å²) in [5.74, 6) is -0.0602. The van der Waals surface area contributed by atoms with E-state index in [1.54, 1.807) is 0 Å². The van der Waals surface area contributed by atoms with Crippen LogP contribution in [0.1, 0.15) is 76.3 Å². The van der Waals surface area contributed by atoms with Crippen molar-refractivity contribution < 1.29 is 15.0 Å². The first-order chi connectivity index (χ1) is 11.8. The van der Waals surface area contributed by atoms with Crippen molar-refractivity contribution >= 4 is 5.97 Å². The molecule has 0 aliphatic heterocycles. The van der Waals surface area contributed by atoms with Crippen LogP contribution in [0.15, 0.2) is 36.4 Å². The van der Waals surface area contributed by atoms with Crippen molar-refractivity contribution in [2.75, 3.05) is 0 Å². The van der Waals surface area contributed by atoms with Crippen LogP contribution < -0.4 is 0 Å². The molecule has 25 heavy (non-hydrogen) atoms. The lowest BCUT2D eigenvalue weighted by Gasteiger charge is -2.24. The summed E-state index contributed by atoms with van der Waals surface area (Å²) >= 11 is 0. The number of hydrogen-bond acceptors (Lipinski definition) is 2. The van der Waals surface area contributed by atoms with Crippen molar-refractivity contribution in [3.63, 3.8) is 0 Å². The second kappa shape index (κ2) is 8.66. The molecule has 3 heteroatoms. The number of carboxylic acid groups (broad SMARTS) is 1. The SMILES string of the molecule is CC(C)(C)c1ccc([C@@H]2[C@@H](C/C=C\CCCC(=O)O)CC[C@H]2O)cc1. The molecule has 0 spiro atoms. The minimum Gasteiger partial charge on any atom is -0.481 e. The first-order valence-electron chi connectivity index (χ1n) is 9.44. The van der Waals surface area contributed by atoms with E-state index in [0.29, 0.717) is 12.3 Å². The molecule has 1 aliphatic rings. The maximum absolute atomic E-state index is 10.5. The van der Waals surface area contributed by atoms with Gasteiger partial charge in [-0.3, -0.25) is 4.79 Å². The Morgan fingerprint density at radius 1 is 1.16 bits per heavy atom. The van der Waals surface area contributed by atoms with E-state index in [1.165, 1.54) is 11.1 Å². The molecule has 1 aliphatic carbocycles. The first kappa shape index (κ1) is 19.7. The molecule has 3 atom stereocenters. The number of aliphatic hydroxyl groups excluding tert-OH is 1. The summed E-state index contributed by atoms with van der Waals surface area (Å²) in [5.41, 5.74) is 2.70. The topological polar surface area (TPSA) is 57.5 Å². The van der Waals surface area contributed by atoms with Crippen LogP contribution in [-0.2, 0) is 10.2 Å². The average Bonchev–Trinajstić information content (AvgIpc) is 2.90. The Morgan fingerprint density at radius 2 is 1.84 bits per heavy atom. The van der Waals surface area contributed by atoms with Gasteiger partial charge in [-0.15, -0.1) is 0 Å². The fourth-order valence-electron chi connectivity index (χ4n) is 3.78. The van der Waals surface area contributed by atoms with Gasteiger partial charge in [0.15, 0.2) is 0 Å². The number of aliphatic carboxylic acids is 1. The monoisotopic (exact) mass is 344 g/mol. The van der Waals surface area contributed by atoms with Gasteiger partial charge >= 0.3 is 5.97 Å². The van der Waals surface area contributed by atoms with Gasteiger partial charge in [0, 0.05) is 12.3 Å². The fourth-order valence-corrected chi connectivity index (χ4v) is 3.78. The van der Waals surface area contributed by atoms with E-state index in [4.69, 9.17) is 5.11 Å². The standard InChI is InChI=1S/C22H32O3/c1-22(2,3)18-13-10-17(11-14-18)21-16(12-15-19(21)23)8-6-4-5-7-9-20(24)25/h4,6,10-11,13-14,16,19,21,23H,5,7-9,12,15H2,1-3H3,(H,24,25)/b6-4-/t16-,19+,21-/m0/s1. The number of aliphatic hydroxyl groups is 1. The Labute approximate surface area is 151 Å². The predicted octanol–water partition coefficient (Wildman–Crippen LogP) is 5.04. The van der Waals surface area contributed by atoms with Crippen LogP contribution in [0.4, 0.5) is 0 Å². The Hall–Kier alpha value is -1.61. The van der Waals surface area contributed by atoms with Crippen LogP contribution in [0.25, 0.3) is 0 Å². The number of carbonyl (C=O) groups is 1. The zero-order valence-electron chi connectivity index (χ0n) is 15.7. The zero-order valence-corrected chi connectivity index (χ0v) is 15.7. The van der Waals surface area contributed by atoms with Crippen LogP contribution in [0.2, 0.25) is 0 Å². The van der Waals surface area contributed by atoms with Gasteiger partial charge in [-0.05, 0) is 54.6 Å². The molecule has 3 nitrogen and oxygen atoms in total. The van der Waals surface area contributed by atoms with E-state index in [9.17, 15) is 9.90 Å². The molecule has 1 aromatic rings. The van der Waals surface area contributed by atoms with Crippen molar-refractivity contribution in [1.82, 2.24) is 0 Å². The van der Waals surface area contributed by atoms with Gasteiger partial charge in [-0.25, -0.2) is 0 Å². The van der Waals surface area contributed by atoms with E-state index in [1.807, 2.05) is 0 Å². The summed E-state index contributed by atoms with van der Waals surface area (Å²) in [6.07, 6.45) is 8.60. The number of hydrogen-bond donors (Lipinski definition) is 2. The molecule has 0 unspecified atom stereocenters. The van der Waals surface area contributed by atoms with Gasteiger partial charge in [-0.2, -0.15) is 0 Å². The highest BCUT2D eigenvalue weighted by atomic mass is 16.4.